The molecule has 0 spiro atoms. The van der Waals surface area contributed by atoms with Gasteiger partial charge in [-0.25, -0.2) is 0 Å². The predicted molar refractivity (Wildman–Crippen MR) is 73.4 cm³/mol. The third-order valence-corrected chi connectivity index (χ3v) is 3.04. The fourth-order valence-electron chi connectivity index (χ4n) is 2.02. The van der Waals surface area contributed by atoms with E-state index in [1.54, 1.807) is 18.2 Å². The minimum atomic E-state index is -4.46. The maximum absolute atomic E-state index is 12.5. The normalized spacial score (nSPS) is 11.6. The van der Waals surface area contributed by atoms with Gasteiger partial charge in [-0.1, -0.05) is 6.07 Å². The fraction of sp³-hybridized carbons (Fsp3) is 0.0714. The van der Waals surface area contributed by atoms with Crippen molar-refractivity contribution in [2.45, 2.75) is 6.18 Å². The van der Waals surface area contributed by atoms with Crippen LogP contribution in [0.1, 0.15) is 5.56 Å². The van der Waals surface area contributed by atoms with Crippen LogP contribution in [0.25, 0.3) is 5.65 Å². The van der Waals surface area contributed by atoms with Gasteiger partial charge >= 0.3 is 17.9 Å². The van der Waals surface area contributed by atoms with Gasteiger partial charge in [-0.15, -0.1) is 0 Å². The van der Waals surface area contributed by atoms with E-state index in [2.05, 4.69) is 4.98 Å². The number of alkyl halides is 3. The Morgan fingerprint density at radius 3 is 2.43 bits per heavy atom. The molecule has 0 aliphatic heterocycles. The predicted octanol–water partition coefficient (Wildman–Crippen LogP) is 4.05. The molecule has 0 radical (unpaired) electrons. The number of hydrogen-bond donors (Lipinski definition) is 0. The van der Waals surface area contributed by atoms with E-state index in [4.69, 9.17) is 4.74 Å². The quantitative estimate of drug-likeness (QED) is 0.538. The lowest BCUT2D eigenvalue weighted by molar-refractivity contribution is -0.391. The Kier molecular flexibility index (Phi) is 3.40. The number of benzene rings is 1. The highest BCUT2D eigenvalue weighted by molar-refractivity contribution is 5.53. The molecule has 118 valence electrons. The van der Waals surface area contributed by atoms with E-state index < -0.39 is 22.5 Å². The van der Waals surface area contributed by atoms with Crippen molar-refractivity contribution in [3.05, 3.63) is 64.3 Å². The summed E-state index contributed by atoms with van der Waals surface area (Å²) in [6.07, 6.45) is -3.02. The Morgan fingerprint density at radius 1 is 1.13 bits per heavy atom. The number of ether oxygens (including phenoxy) is 1. The highest BCUT2D eigenvalue weighted by Crippen LogP contribution is 2.34. The highest BCUT2D eigenvalue weighted by Gasteiger charge is 2.30. The summed E-state index contributed by atoms with van der Waals surface area (Å²) in [7, 11) is 0. The zero-order valence-corrected chi connectivity index (χ0v) is 11.3. The van der Waals surface area contributed by atoms with Crippen molar-refractivity contribution in [3.63, 3.8) is 0 Å². The second-order valence-corrected chi connectivity index (χ2v) is 4.55. The van der Waals surface area contributed by atoms with E-state index in [0.717, 1.165) is 24.3 Å². The zero-order chi connectivity index (χ0) is 16.6. The summed E-state index contributed by atoms with van der Waals surface area (Å²) < 4.78 is 44.0. The molecule has 0 saturated carbocycles. The minimum absolute atomic E-state index is 0.0181. The number of hydrogen-bond acceptors (Lipinski definition) is 4. The van der Waals surface area contributed by atoms with Crippen molar-refractivity contribution in [2.24, 2.45) is 0 Å². The van der Waals surface area contributed by atoms with Crippen LogP contribution >= 0.6 is 0 Å². The van der Waals surface area contributed by atoms with Crippen LogP contribution in [0.15, 0.2) is 48.7 Å². The molecule has 2 heterocycles. The second kappa shape index (κ2) is 5.27. The third-order valence-electron chi connectivity index (χ3n) is 3.04. The summed E-state index contributed by atoms with van der Waals surface area (Å²) in [5.41, 5.74) is -0.546. The molecule has 0 fully saturated rings. The van der Waals surface area contributed by atoms with Crippen molar-refractivity contribution in [1.82, 2.24) is 9.38 Å². The molecule has 23 heavy (non-hydrogen) atoms. The Hall–Kier alpha value is -3.10. The molecule has 0 aliphatic carbocycles. The maximum Gasteiger partial charge on any atom is 0.416 e. The van der Waals surface area contributed by atoms with Crippen LogP contribution in [-0.2, 0) is 6.18 Å². The van der Waals surface area contributed by atoms with Crippen LogP contribution in [0.4, 0.5) is 19.0 Å². The molecular weight excluding hydrogens is 315 g/mol. The van der Waals surface area contributed by atoms with Crippen LogP contribution in [0, 0.1) is 10.1 Å². The molecule has 1 aromatic carbocycles. The van der Waals surface area contributed by atoms with Crippen molar-refractivity contribution in [3.8, 4) is 11.6 Å². The first-order chi connectivity index (χ1) is 10.9. The Labute approximate surface area is 126 Å². The summed E-state index contributed by atoms with van der Waals surface area (Å²) in [6.45, 7) is 0. The van der Waals surface area contributed by atoms with Crippen molar-refractivity contribution >= 4 is 11.5 Å². The first-order valence-electron chi connectivity index (χ1n) is 6.33. The lowest BCUT2D eigenvalue weighted by atomic mass is 10.2. The molecule has 3 rings (SSSR count). The van der Waals surface area contributed by atoms with Gasteiger partial charge in [0.25, 0.3) is 0 Å². The molecule has 9 heteroatoms. The van der Waals surface area contributed by atoms with Crippen LogP contribution in [0.2, 0.25) is 0 Å². The highest BCUT2D eigenvalue weighted by atomic mass is 19.4. The van der Waals surface area contributed by atoms with Gasteiger partial charge < -0.3 is 14.9 Å². The summed E-state index contributed by atoms with van der Waals surface area (Å²) in [4.78, 5) is 14.5. The Bertz CT molecular complexity index is 872. The van der Waals surface area contributed by atoms with Gasteiger partial charge in [-0.2, -0.15) is 22.6 Å². The number of halogens is 3. The Morgan fingerprint density at radius 2 is 1.83 bits per heavy atom. The van der Waals surface area contributed by atoms with Crippen molar-refractivity contribution in [1.29, 1.82) is 0 Å². The summed E-state index contributed by atoms with van der Waals surface area (Å²) in [5.74, 6) is -0.675. The van der Waals surface area contributed by atoms with Gasteiger partial charge in [-0.3, -0.25) is 0 Å². The van der Waals surface area contributed by atoms with Gasteiger partial charge in [0.15, 0.2) is 0 Å². The number of aromatic nitrogens is 2. The number of nitro groups is 1. The number of pyridine rings is 1. The SMILES string of the molecule is O=[N+]([O-])c1c(Oc2ccc(C(F)(F)F)cc2)nc2ccccn12. The molecule has 2 aromatic heterocycles. The molecule has 0 aliphatic rings. The molecule has 0 unspecified atom stereocenters. The topological polar surface area (TPSA) is 69.7 Å². The summed E-state index contributed by atoms with van der Waals surface area (Å²) in [6, 6.07) is 8.60. The largest absolute Gasteiger partial charge is 0.433 e. The summed E-state index contributed by atoms with van der Waals surface area (Å²) >= 11 is 0. The van der Waals surface area contributed by atoms with Crippen LogP contribution in [0.5, 0.6) is 11.6 Å². The van der Waals surface area contributed by atoms with Gasteiger partial charge in [-0.05, 0) is 35.3 Å². The average molecular weight is 323 g/mol. The Balaban J connectivity index is 1.98. The van der Waals surface area contributed by atoms with Crippen LogP contribution in [-0.4, -0.2) is 14.3 Å². The molecule has 0 amide bonds. The standard InChI is InChI=1S/C14H8F3N3O3/c15-14(16,17)9-4-6-10(7-5-9)23-12-13(20(21)22)19-8-2-1-3-11(19)18-12/h1-8H. The molecule has 0 bridgehead atoms. The first-order valence-corrected chi connectivity index (χ1v) is 6.33. The van der Waals surface area contributed by atoms with E-state index in [1.165, 1.54) is 10.6 Å². The van der Waals surface area contributed by atoms with E-state index in [0.29, 0.717) is 5.65 Å². The zero-order valence-electron chi connectivity index (χ0n) is 11.3. The fourth-order valence-corrected chi connectivity index (χ4v) is 2.02. The molecular formula is C14H8F3N3O3. The van der Waals surface area contributed by atoms with E-state index in [9.17, 15) is 23.3 Å². The van der Waals surface area contributed by atoms with Gasteiger partial charge in [0.2, 0.25) is 5.65 Å². The first kappa shape index (κ1) is 14.8. The van der Waals surface area contributed by atoms with Crippen LogP contribution < -0.4 is 4.74 Å². The molecule has 6 nitrogen and oxygen atoms in total. The molecule has 0 N–H and O–H groups in total. The number of nitrogens with zero attached hydrogens (tertiary/aromatic N) is 3. The lowest BCUT2D eigenvalue weighted by Crippen LogP contribution is -2.04. The number of imidazole rings is 1. The van der Waals surface area contributed by atoms with E-state index in [-0.39, 0.29) is 11.6 Å². The maximum atomic E-state index is 12.5. The smallest absolute Gasteiger partial charge is 0.416 e. The van der Waals surface area contributed by atoms with E-state index in [1.807, 2.05) is 0 Å². The van der Waals surface area contributed by atoms with E-state index >= 15 is 0 Å². The lowest BCUT2D eigenvalue weighted by Gasteiger charge is -2.07. The van der Waals surface area contributed by atoms with Gasteiger partial charge in [0, 0.05) is 6.07 Å². The molecule has 3 aromatic rings. The second-order valence-electron chi connectivity index (χ2n) is 4.55. The monoisotopic (exact) mass is 323 g/mol. The number of rotatable bonds is 3. The summed E-state index contributed by atoms with van der Waals surface area (Å²) in [5, 5.41) is 11.2. The van der Waals surface area contributed by atoms with Gasteiger partial charge in [0.1, 0.15) is 5.75 Å². The average Bonchev–Trinajstić information content (AvgIpc) is 2.84. The van der Waals surface area contributed by atoms with Crippen molar-refractivity contribution < 1.29 is 22.8 Å². The van der Waals surface area contributed by atoms with Crippen LogP contribution in [0.3, 0.4) is 0 Å². The molecule has 0 saturated heterocycles. The minimum Gasteiger partial charge on any atom is -0.433 e. The molecule has 0 atom stereocenters. The van der Waals surface area contributed by atoms with Crippen molar-refractivity contribution in [2.75, 3.05) is 0 Å². The number of fused-ring (bicyclic) bond motifs is 1. The van der Waals surface area contributed by atoms with Gasteiger partial charge in [0.05, 0.1) is 11.8 Å². The third kappa shape index (κ3) is 2.80.